The fraction of sp³-hybridized carbons (Fsp3) is 0.400. The van der Waals surface area contributed by atoms with Crippen molar-refractivity contribution >= 4 is 17.7 Å². The Morgan fingerprint density at radius 2 is 2.05 bits per heavy atom. The van der Waals surface area contributed by atoms with Crippen LogP contribution in [0.15, 0.2) is 30.3 Å². The molecule has 3 amide bonds. The van der Waals surface area contributed by atoms with Crippen LogP contribution < -0.4 is 16.0 Å². The summed E-state index contributed by atoms with van der Waals surface area (Å²) in [5.41, 5.74) is -0.463. The summed E-state index contributed by atoms with van der Waals surface area (Å²) in [5.74, 6) is -1.14. The molecule has 0 bridgehead atoms. The lowest BCUT2D eigenvalue weighted by Crippen LogP contribution is -2.75. The number of ether oxygens (including phenoxy) is 1. The first kappa shape index (κ1) is 16.0. The molecule has 2 rings (SSSR count). The summed E-state index contributed by atoms with van der Waals surface area (Å²) in [7, 11) is 1.34. The molecule has 7 nitrogen and oxygen atoms in total. The normalized spacial score (nSPS) is 21.3. The summed E-state index contributed by atoms with van der Waals surface area (Å²) < 4.78 is 5.05. The molecule has 0 spiro atoms. The zero-order chi connectivity index (χ0) is 16.2. The molecule has 22 heavy (non-hydrogen) atoms. The molecule has 1 saturated heterocycles. The van der Waals surface area contributed by atoms with Gasteiger partial charge in [0, 0.05) is 7.11 Å². The van der Waals surface area contributed by atoms with Crippen molar-refractivity contribution in [3.63, 3.8) is 0 Å². The number of benzene rings is 1. The van der Waals surface area contributed by atoms with Crippen LogP contribution in [0, 0.1) is 0 Å². The second-order valence-electron chi connectivity index (χ2n) is 5.15. The van der Waals surface area contributed by atoms with Gasteiger partial charge in [-0.05, 0) is 12.5 Å². The second kappa shape index (κ2) is 6.57. The summed E-state index contributed by atoms with van der Waals surface area (Å²) in [6.45, 7) is 1.76. The molecule has 0 radical (unpaired) electrons. The molecule has 2 unspecified atom stereocenters. The Hall–Kier alpha value is -2.41. The Morgan fingerprint density at radius 1 is 1.36 bits per heavy atom. The highest BCUT2D eigenvalue weighted by atomic mass is 16.5. The number of rotatable bonds is 6. The third kappa shape index (κ3) is 3.43. The van der Waals surface area contributed by atoms with Crippen molar-refractivity contribution in [3.05, 3.63) is 35.9 Å². The van der Waals surface area contributed by atoms with Crippen molar-refractivity contribution in [2.24, 2.45) is 0 Å². The predicted molar refractivity (Wildman–Crippen MR) is 78.6 cm³/mol. The first-order valence-electron chi connectivity index (χ1n) is 6.95. The van der Waals surface area contributed by atoms with Crippen LogP contribution in [0.2, 0.25) is 0 Å². The second-order valence-corrected chi connectivity index (χ2v) is 5.15. The number of carbonyl (C=O) groups is 3. The molecule has 1 heterocycles. The van der Waals surface area contributed by atoms with Crippen LogP contribution in [-0.4, -0.2) is 43.1 Å². The Labute approximate surface area is 128 Å². The van der Waals surface area contributed by atoms with Gasteiger partial charge in [-0.15, -0.1) is 0 Å². The van der Waals surface area contributed by atoms with Gasteiger partial charge in [-0.2, -0.15) is 0 Å². The molecule has 118 valence electrons. The van der Waals surface area contributed by atoms with E-state index in [1.54, 1.807) is 6.92 Å². The van der Waals surface area contributed by atoms with Gasteiger partial charge in [-0.1, -0.05) is 30.3 Å². The van der Waals surface area contributed by atoms with E-state index >= 15 is 0 Å². The maximum atomic E-state index is 12.1. The minimum atomic E-state index is -1.32. The van der Waals surface area contributed by atoms with Crippen molar-refractivity contribution < 1.29 is 19.1 Å². The van der Waals surface area contributed by atoms with Gasteiger partial charge >= 0.3 is 0 Å². The van der Waals surface area contributed by atoms with E-state index in [0.29, 0.717) is 0 Å². The SMILES string of the molecule is COC1(NC(=O)C(C)NC(=O)Cc2ccccc2)CNC1=O. The van der Waals surface area contributed by atoms with Gasteiger partial charge in [0.2, 0.25) is 17.5 Å². The van der Waals surface area contributed by atoms with E-state index in [9.17, 15) is 14.4 Å². The molecule has 0 aliphatic carbocycles. The number of hydrogen-bond donors (Lipinski definition) is 3. The first-order valence-corrected chi connectivity index (χ1v) is 6.95. The van der Waals surface area contributed by atoms with Gasteiger partial charge in [-0.25, -0.2) is 0 Å². The molecule has 7 heteroatoms. The van der Waals surface area contributed by atoms with E-state index < -0.39 is 23.6 Å². The lowest BCUT2D eigenvalue weighted by atomic mass is 10.1. The topological polar surface area (TPSA) is 96.5 Å². The van der Waals surface area contributed by atoms with Gasteiger partial charge in [0.15, 0.2) is 0 Å². The monoisotopic (exact) mass is 305 g/mol. The molecule has 1 aliphatic heterocycles. The molecule has 1 fully saturated rings. The number of hydrogen-bond acceptors (Lipinski definition) is 4. The third-order valence-electron chi connectivity index (χ3n) is 3.52. The van der Waals surface area contributed by atoms with Crippen molar-refractivity contribution in [2.75, 3.05) is 13.7 Å². The van der Waals surface area contributed by atoms with E-state index in [2.05, 4.69) is 16.0 Å². The van der Waals surface area contributed by atoms with E-state index in [0.717, 1.165) is 5.56 Å². The van der Waals surface area contributed by atoms with Crippen LogP contribution in [0.4, 0.5) is 0 Å². The summed E-state index contributed by atoms with van der Waals surface area (Å²) >= 11 is 0. The molecular formula is C15H19N3O4. The number of carbonyl (C=O) groups excluding carboxylic acids is 3. The van der Waals surface area contributed by atoms with Crippen molar-refractivity contribution in [1.29, 1.82) is 0 Å². The fourth-order valence-corrected chi connectivity index (χ4v) is 2.08. The zero-order valence-corrected chi connectivity index (χ0v) is 12.5. The largest absolute Gasteiger partial charge is 0.349 e. The van der Waals surface area contributed by atoms with Gasteiger partial charge in [0.05, 0.1) is 13.0 Å². The smallest absolute Gasteiger partial charge is 0.275 e. The van der Waals surface area contributed by atoms with Crippen LogP contribution in [0.5, 0.6) is 0 Å². The molecule has 1 aromatic carbocycles. The van der Waals surface area contributed by atoms with Crippen LogP contribution in [-0.2, 0) is 25.5 Å². The van der Waals surface area contributed by atoms with Gasteiger partial charge in [0.1, 0.15) is 6.04 Å². The Balaban J connectivity index is 1.86. The highest BCUT2D eigenvalue weighted by Crippen LogP contribution is 2.13. The maximum Gasteiger partial charge on any atom is 0.275 e. The first-order chi connectivity index (χ1) is 10.5. The average Bonchev–Trinajstić information content (AvgIpc) is 2.51. The molecule has 1 aliphatic rings. The summed E-state index contributed by atoms with van der Waals surface area (Å²) in [5, 5.41) is 7.61. The molecule has 1 aromatic rings. The maximum absolute atomic E-state index is 12.1. The summed E-state index contributed by atoms with van der Waals surface area (Å²) in [4.78, 5) is 35.4. The third-order valence-corrected chi connectivity index (χ3v) is 3.52. The molecule has 0 saturated carbocycles. The number of amides is 3. The van der Waals surface area contributed by atoms with E-state index in [-0.39, 0.29) is 18.9 Å². The lowest BCUT2D eigenvalue weighted by Gasteiger charge is -2.39. The van der Waals surface area contributed by atoms with Crippen LogP contribution in [0.3, 0.4) is 0 Å². The minimum absolute atomic E-state index is 0.189. The molecule has 0 aromatic heterocycles. The van der Waals surface area contributed by atoms with Crippen molar-refractivity contribution in [2.45, 2.75) is 25.1 Å². The predicted octanol–water partition coefficient (Wildman–Crippen LogP) is -0.677. The van der Waals surface area contributed by atoms with Crippen molar-refractivity contribution in [3.8, 4) is 0 Å². The van der Waals surface area contributed by atoms with E-state index in [1.165, 1.54) is 7.11 Å². The molecule has 3 N–H and O–H groups in total. The van der Waals surface area contributed by atoms with Gasteiger partial charge in [-0.3, -0.25) is 14.4 Å². The van der Waals surface area contributed by atoms with E-state index in [4.69, 9.17) is 4.74 Å². The van der Waals surface area contributed by atoms with Gasteiger partial charge < -0.3 is 20.7 Å². The minimum Gasteiger partial charge on any atom is -0.349 e. The number of nitrogens with one attached hydrogen (secondary N) is 3. The lowest BCUT2D eigenvalue weighted by molar-refractivity contribution is -0.167. The summed E-state index contributed by atoms with van der Waals surface area (Å²) in [6, 6.07) is 8.46. The van der Waals surface area contributed by atoms with Crippen LogP contribution in [0.25, 0.3) is 0 Å². The Morgan fingerprint density at radius 3 is 2.55 bits per heavy atom. The highest BCUT2D eigenvalue weighted by molar-refractivity contribution is 5.97. The Bertz CT molecular complexity index is 571. The van der Waals surface area contributed by atoms with Crippen LogP contribution in [0.1, 0.15) is 12.5 Å². The molecular weight excluding hydrogens is 286 g/mol. The number of β-lactam (4-membered cyclic amide) rings is 1. The zero-order valence-electron chi connectivity index (χ0n) is 12.5. The van der Waals surface area contributed by atoms with Gasteiger partial charge in [0.25, 0.3) is 5.91 Å². The average molecular weight is 305 g/mol. The Kier molecular flexibility index (Phi) is 4.77. The molecule has 2 atom stereocenters. The quantitative estimate of drug-likeness (QED) is 0.479. The fourth-order valence-electron chi connectivity index (χ4n) is 2.08. The van der Waals surface area contributed by atoms with Crippen molar-refractivity contribution in [1.82, 2.24) is 16.0 Å². The van der Waals surface area contributed by atoms with Crippen LogP contribution >= 0.6 is 0 Å². The number of methoxy groups -OCH3 is 1. The highest BCUT2D eigenvalue weighted by Gasteiger charge is 2.48. The standard InChI is InChI=1S/C15H19N3O4/c1-10(13(20)18-15(22-2)9-16-14(15)21)17-12(19)8-11-6-4-3-5-7-11/h3-7,10H,8-9H2,1-2H3,(H,16,21)(H,17,19)(H,18,20). The summed E-state index contributed by atoms with van der Waals surface area (Å²) in [6.07, 6.45) is 0.189. The van der Waals surface area contributed by atoms with E-state index in [1.807, 2.05) is 30.3 Å².